The average Bonchev–Trinajstić information content (AvgIpc) is 2.98. The molecule has 0 saturated carbocycles. The minimum absolute atomic E-state index is 0.870. The van der Waals surface area contributed by atoms with Crippen LogP contribution in [0.15, 0.2) is 66.7 Å². The molecular weight excluding hydrogens is 382 g/mol. The van der Waals surface area contributed by atoms with Crippen LogP contribution in [0.1, 0.15) is 10.6 Å². The highest BCUT2D eigenvalue weighted by Gasteiger charge is 2.17. The van der Waals surface area contributed by atoms with Crippen LogP contribution in [0.3, 0.4) is 0 Å². The van der Waals surface area contributed by atoms with Gasteiger partial charge in [-0.2, -0.15) is 13.0 Å². The highest BCUT2D eigenvalue weighted by atomic mass is 32.3. The van der Waals surface area contributed by atoms with Gasteiger partial charge < -0.3 is 0 Å². The van der Waals surface area contributed by atoms with Gasteiger partial charge in [0.2, 0.25) is 10.5 Å². The Bertz CT molecular complexity index is 1180. The average molecular weight is 403 g/mol. The van der Waals surface area contributed by atoms with Gasteiger partial charge in [-0.15, -0.1) is 0 Å². The van der Waals surface area contributed by atoms with Gasteiger partial charge >= 0.3 is 10.4 Å². The number of hydrogen-bond donors (Lipinski definition) is 1. The fraction of sp³-hybridized carbons (Fsp3) is 0.150. The van der Waals surface area contributed by atoms with Crippen LogP contribution >= 0.6 is 11.3 Å². The van der Waals surface area contributed by atoms with E-state index in [-0.39, 0.29) is 0 Å². The van der Waals surface area contributed by atoms with Gasteiger partial charge in [-0.05, 0) is 22.4 Å². The summed E-state index contributed by atoms with van der Waals surface area (Å²) in [6.07, 6.45) is 0.983. The number of thiazole rings is 1. The van der Waals surface area contributed by atoms with Gasteiger partial charge in [0.25, 0.3) is 0 Å². The number of fused-ring (bicyclic) bond motifs is 2. The normalized spacial score (nSPS) is 11.4. The Kier molecular flexibility index (Phi) is 5.86. The molecule has 0 aliphatic rings. The van der Waals surface area contributed by atoms with Crippen molar-refractivity contribution in [3.05, 3.63) is 77.3 Å². The molecule has 0 atom stereocenters. The lowest BCUT2D eigenvalue weighted by atomic mass is 10.0. The molecular formula is C20H20NO4S2+. The number of aryl methyl sites for hydroxylation is 1. The minimum Gasteiger partial charge on any atom is -0.264 e. The molecule has 0 saturated heterocycles. The first-order valence-electron chi connectivity index (χ1n) is 8.25. The SMILES string of the molecule is COS(=O)(=O)O.C[n+]1c(Cc2cccc3ccccc23)sc2ccccc21. The molecule has 7 heteroatoms. The zero-order valence-electron chi connectivity index (χ0n) is 15.0. The third-order valence-electron chi connectivity index (χ3n) is 4.26. The summed E-state index contributed by atoms with van der Waals surface area (Å²) in [5.41, 5.74) is 2.72. The molecule has 5 nitrogen and oxygen atoms in total. The minimum atomic E-state index is -4.16. The summed E-state index contributed by atoms with van der Waals surface area (Å²) in [6, 6.07) is 23.8. The van der Waals surface area contributed by atoms with Crippen molar-refractivity contribution in [2.45, 2.75) is 6.42 Å². The van der Waals surface area contributed by atoms with E-state index in [2.05, 4.69) is 82.5 Å². The number of rotatable bonds is 3. The van der Waals surface area contributed by atoms with E-state index in [4.69, 9.17) is 4.55 Å². The maximum absolute atomic E-state index is 9.33. The van der Waals surface area contributed by atoms with Gasteiger partial charge in [0.05, 0.1) is 13.5 Å². The van der Waals surface area contributed by atoms with E-state index in [1.54, 1.807) is 0 Å². The van der Waals surface area contributed by atoms with E-state index in [1.807, 2.05) is 11.3 Å². The number of nitrogens with zero attached hydrogens (tertiary/aromatic N) is 1. The van der Waals surface area contributed by atoms with Crippen LogP contribution < -0.4 is 4.57 Å². The van der Waals surface area contributed by atoms with Crippen molar-refractivity contribution in [1.82, 2.24) is 0 Å². The summed E-state index contributed by atoms with van der Waals surface area (Å²) in [5, 5.41) is 4.07. The molecule has 0 aliphatic carbocycles. The van der Waals surface area contributed by atoms with Crippen LogP contribution in [0.25, 0.3) is 21.0 Å². The van der Waals surface area contributed by atoms with Gasteiger partial charge in [-0.1, -0.05) is 65.9 Å². The Morgan fingerprint density at radius 3 is 2.33 bits per heavy atom. The molecule has 0 bridgehead atoms. The summed E-state index contributed by atoms with van der Waals surface area (Å²) in [5.74, 6) is 0. The van der Waals surface area contributed by atoms with Crippen molar-refractivity contribution in [2.75, 3.05) is 7.11 Å². The molecule has 0 fully saturated rings. The molecule has 140 valence electrons. The van der Waals surface area contributed by atoms with Crippen LogP contribution in [0.5, 0.6) is 0 Å². The van der Waals surface area contributed by atoms with Crippen molar-refractivity contribution >= 4 is 42.7 Å². The molecule has 0 unspecified atom stereocenters. The van der Waals surface area contributed by atoms with E-state index in [0.29, 0.717) is 0 Å². The van der Waals surface area contributed by atoms with Crippen LogP contribution in [-0.2, 0) is 28.1 Å². The van der Waals surface area contributed by atoms with E-state index in [1.165, 1.54) is 31.6 Å². The van der Waals surface area contributed by atoms with Crippen molar-refractivity contribution in [3.8, 4) is 0 Å². The molecule has 0 spiro atoms. The van der Waals surface area contributed by atoms with Crippen molar-refractivity contribution in [1.29, 1.82) is 0 Å². The molecule has 1 aromatic heterocycles. The molecule has 27 heavy (non-hydrogen) atoms. The second-order valence-electron chi connectivity index (χ2n) is 5.93. The van der Waals surface area contributed by atoms with Gasteiger partial charge in [-0.25, -0.2) is 0 Å². The summed E-state index contributed by atoms with van der Waals surface area (Å²) in [7, 11) is -1.13. The smallest absolute Gasteiger partial charge is 0.264 e. The first kappa shape index (κ1) is 19.4. The molecule has 1 N–H and O–H groups in total. The Balaban J connectivity index is 0.000000307. The molecule has 4 rings (SSSR count). The highest BCUT2D eigenvalue weighted by Crippen LogP contribution is 2.25. The van der Waals surface area contributed by atoms with Gasteiger partial charge in [0, 0.05) is 6.07 Å². The van der Waals surface area contributed by atoms with Crippen molar-refractivity contribution < 1.29 is 21.7 Å². The van der Waals surface area contributed by atoms with Crippen LogP contribution in [0.4, 0.5) is 0 Å². The zero-order chi connectivity index (χ0) is 19.4. The lowest BCUT2D eigenvalue weighted by Gasteiger charge is -2.03. The largest absolute Gasteiger partial charge is 0.397 e. The number of aromatic nitrogens is 1. The lowest BCUT2D eigenvalue weighted by Crippen LogP contribution is -2.30. The van der Waals surface area contributed by atoms with Crippen LogP contribution in [0.2, 0.25) is 0 Å². The third kappa shape index (κ3) is 4.70. The summed E-state index contributed by atoms with van der Waals surface area (Å²) in [4.78, 5) is 0. The maximum atomic E-state index is 9.33. The third-order valence-corrected chi connectivity index (χ3v) is 5.90. The predicted octanol–water partition coefficient (Wildman–Crippen LogP) is 3.91. The van der Waals surface area contributed by atoms with Crippen LogP contribution in [-0.4, -0.2) is 20.1 Å². The molecule has 0 amide bonds. The molecule has 0 radical (unpaired) electrons. The molecule has 0 aliphatic heterocycles. The van der Waals surface area contributed by atoms with Crippen molar-refractivity contribution in [3.63, 3.8) is 0 Å². The monoisotopic (exact) mass is 402 g/mol. The summed E-state index contributed by atoms with van der Waals surface area (Å²) >= 11 is 1.89. The van der Waals surface area contributed by atoms with Crippen molar-refractivity contribution in [2.24, 2.45) is 7.05 Å². The fourth-order valence-electron chi connectivity index (χ4n) is 2.91. The molecule has 3 aromatic carbocycles. The highest BCUT2D eigenvalue weighted by molar-refractivity contribution is 7.80. The van der Waals surface area contributed by atoms with Gasteiger partial charge in [-0.3, -0.25) is 8.74 Å². The molecule has 4 aromatic rings. The second kappa shape index (κ2) is 8.14. The lowest BCUT2D eigenvalue weighted by molar-refractivity contribution is -0.647. The number of benzene rings is 3. The quantitative estimate of drug-likeness (QED) is 0.417. The van der Waals surface area contributed by atoms with Gasteiger partial charge in [0.15, 0.2) is 0 Å². The zero-order valence-corrected chi connectivity index (χ0v) is 16.6. The fourth-order valence-corrected chi connectivity index (χ4v) is 4.09. The Labute approximate surface area is 162 Å². The Morgan fingerprint density at radius 2 is 1.63 bits per heavy atom. The standard InChI is InChI=1S/C19H16NS.CH4O4S/c1-20-17-11-4-5-12-18(17)21-19(20)13-15-9-6-8-14-7-2-3-10-16(14)15;1-5-6(2,3)4/h2-12H,13H2,1H3;1H3,(H,2,3,4)/q+1;. The van der Waals surface area contributed by atoms with E-state index >= 15 is 0 Å². The first-order valence-corrected chi connectivity index (χ1v) is 10.4. The second-order valence-corrected chi connectivity index (χ2v) is 8.24. The number of para-hydroxylation sites is 1. The number of hydrogen-bond acceptors (Lipinski definition) is 4. The maximum Gasteiger partial charge on any atom is 0.397 e. The summed E-state index contributed by atoms with van der Waals surface area (Å²) < 4.78 is 33.4. The Morgan fingerprint density at radius 1 is 1.00 bits per heavy atom. The van der Waals surface area contributed by atoms with Gasteiger partial charge in [0.1, 0.15) is 11.7 Å². The van der Waals surface area contributed by atoms with E-state index in [0.717, 1.165) is 13.5 Å². The topological polar surface area (TPSA) is 67.5 Å². The van der Waals surface area contributed by atoms with Crippen LogP contribution in [0, 0.1) is 0 Å². The summed E-state index contributed by atoms with van der Waals surface area (Å²) in [6.45, 7) is 0. The Hall–Kier alpha value is -2.32. The van der Waals surface area contributed by atoms with E-state index < -0.39 is 10.4 Å². The first-order chi connectivity index (χ1) is 12.9. The molecule has 1 heterocycles. The predicted molar refractivity (Wildman–Crippen MR) is 108 cm³/mol. The van der Waals surface area contributed by atoms with E-state index in [9.17, 15) is 8.42 Å².